The predicted octanol–water partition coefficient (Wildman–Crippen LogP) is 3.76. The van der Waals surface area contributed by atoms with E-state index in [2.05, 4.69) is 15.1 Å². The molecule has 1 atom stereocenters. The highest BCUT2D eigenvalue weighted by atomic mass is 32.1. The Kier molecular flexibility index (Phi) is 4.70. The van der Waals surface area contributed by atoms with E-state index >= 15 is 0 Å². The Balaban J connectivity index is 1.79. The molecule has 0 amide bonds. The van der Waals surface area contributed by atoms with Crippen LogP contribution in [0.1, 0.15) is 10.6 Å². The van der Waals surface area contributed by atoms with Crippen LogP contribution < -0.4 is 0 Å². The standard InChI is InChI=1S/C19H13F3N4OS/c20-13-3-1-12(2-4-13)19(27,9-26-11-23-10-24-26)18-25-17(8-28-18)15-6-5-14(21)7-16(15)22/h1-8,10-11,27H,9H2. The molecule has 0 radical (unpaired) electrons. The quantitative estimate of drug-likeness (QED) is 0.552. The van der Waals surface area contributed by atoms with Gasteiger partial charge in [0.25, 0.3) is 0 Å². The molecule has 0 saturated heterocycles. The molecule has 2 aromatic carbocycles. The third kappa shape index (κ3) is 3.41. The first-order valence-electron chi connectivity index (χ1n) is 8.18. The van der Waals surface area contributed by atoms with Crippen molar-refractivity contribution in [2.45, 2.75) is 12.1 Å². The van der Waals surface area contributed by atoms with Crippen LogP contribution in [0.2, 0.25) is 0 Å². The van der Waals surface area contributed by atoms with Crippen molar-refractivity contribution >= 4 is 11.3 Å². The summed E-state index contributed by atoms with van der Waals surface area (Å²) >= 11 is 1.11. The highest BCUT2D eigenvalue weighted by Crippen LogP contribution is 2.36. The molecule has 0 fully saturated rings. The van der Waals surface area contributed by atoms with Gasteiger partial charge in [-0.2, -0.15) is 5.10 Å². The maximum absolute atomic E-state index is 14.1. The molecule has 28 heavy (non-hydrogen) atoms. The largest absolute Gasteiger partial charge is 0.376 e. The highest BCUT2D eigenvalue weighted by molar-refractivity contribution is 7.10. The van der Waals surface area contributed by atoms with Crippen LogP contribution in [0.15, 0.2) is 60.5 Å². The zero-order valence-corrected chi connectivity index (χ0v) is 15.1. The molecule has 5 nitrogen and oxygen atoms in total. The minimum atomic E-state index is -1.65. The lowest BCUT2D eigenvalue weighted by Crippen LogP contribution is -2.33. The summed E-state index contributed by atoms with van der Waals surface area (Å²) in [6.07, 6.45) is 2.76. The van der Waals surface area contributed by atoms with Gasteiger partial charge in [0.2, 0.25) is 0 Å². The maximum Gasteiger partial charge on any atom is 0.160 e. The van der Waals surface area contributed by atoms with E-state index in [4.69, 9.17) is 0 Å². The van der Waals surface area contributed by atoms with Crippen molar-refractivity contribution in [2.75, 3.05) is 0 Å². The maximum atomic E-state index is 14.1. The van der Waals surface area contributed by atoms with E-state index in [1.54, 1.807) is 5.38 Å². The van der Waals surface area contributed by atoms with Crippen LogP contribution in [0.5, 0.6) is 0 Å². The average molecular weight is 402 g/mol. The molecule has 2 aromatic heterocycles. The zero-order valence-electron chi connectivity index (χ0n) is 14.3. The van der Waals surface area contributed by atoms with Gasteiger partial charge in [-0.1, -0.05) is 12.1 Å². The Hall–Kier alpha value is -3.04. The van der Waals surface area contributed by atoms with Crippen LogP contribution in [-0.4, -0.2) is 24.9 Å². The Morgan fingerprint density at radius 1 is 1.04 bits per heavy atom. The molecule has 0 aliphatic heterocycles. The molecule has 0 aliphatic carbocycles. The van der Waals surface area contributed by atoms with Gasteiger partial charge in [-0.3, -0.25) is 0 Å². The van der Waals surface area contributed by atoms with Crippen molar-refractivity contribution in [3.05, 3.63) is 88.5 Å². The molecular formula is C19H13F3N4OS. The third-order valence-corrected chi connectivity index (χ3v) is 5.24. The van der Waals surface area contributed by atoms with E-state index in [0.717, 1.165) is 23.5 Å². The van der Waals surface area contributed by atoms with Crippen LogP contribution in [0.4, 0.5) is 13.2 Å². The van der Waals surface area contributed by atoms with Crippen LogP contribution in [0.3, 0.4) is 0 Å². The number of hydrogen-bond acceptors (Lipinski definition) is 5. The summed E-state index contributed by atoms with van der Waals surface area (Å²) in [4.78, 5) is 8.23. The van der Waals surface area contributed by atoms with Crippen LogP contribution in [-0.2, 0) is 12.1 Å². The molecular weight excluding hydrogens is 389 g/mol. The second-order valence-electron chi connectivity index (χ2n) is 6.12. The van der Waals surface area contributed by atoms with E-state index < -0.39 is 23.1 Å². The minimum Gasteiger partial charge on any atom is -0.376 e. The summed E-state index contributed by atoms with van der Waals surface area (Å²) in [5.41, 5.74) is -0.881. The third-order valence-electron chi connectivity index (χ3n) is 4.24. The Morgan fingerprint density at radius 3 is 2.46 bits per heavy atom. The molecule has 1 N–H and O–H groups in total. The lowest BCUT2D eigenvalue weighted by atomic mass is 9.94. The first-order valence-corrected chi connectivity index (χ1v) is 9.06. The van der Waals surface area contributed by atoms with Crippen LogP contribution >= 0.6 is 11.3 Å². The number of thiazole rings is 1. The van der Waals surface area contributed by atoms with Gasteiger partial charge in [-0.25, -0.2) is 27.8 Å². The van der Waals surface area contributed by atoms with Gasteiger partial charge in [0, 0.05) is 17.0 Å². The lowest BCUT2D eigenvalue weighted by molar-refractivity contribution is 0.0569. The molecule has 142 valence electrons. The molecule has 0 bridgehead atoms. The summed E-state index contributed by atoms with van der Waals surface area (Å²) in [5, 5.41) is 17.3. The fraction of sp³-hybridized carbons (Fsp3) is 0.105. The molecule has 1 unspecified atom stereocenters. The van der Waals surface area contributed by atoms with Crippen molar-refractivity contribution in [1.29, 1.82) is 0 Å². The topological polar surface area (TPSA) is 63.8 Å². The summed E-state index contributed by atoms with van der Waals surface area (Å²) in [6.45, 7) is -0.0303. The number of benzene rings is 2. The smallest absolute Gasteiger partial charge is 0.160 e. The van der Waals surface area contributed by atoms with E-state index in [1.165, 1.54) is 47.7 Å². The van der Waals surface area contributed by atoms with E-state index in [0.29, 0.717) is 5.56 Å². The molecule has 0 aliphatic rings. The van der Waals surface area contributed by atoms with E-state index in [-0.39, 0.29) is 22.8 Å². The van der Waals surface area contributed by atoms with Crippen molar-refractivity contribution in [3.63, 3.8) is 0 Å². The number of rotatable bonds is 5. The molecule has 9 heteroatoms. The average Bonchev–Trinajstić information content (AvgIpc) is 3.34. The lowest BCUT2D eigenvalue weighted by Gasteiger charge is -2.26. The Bertz CT molecular complexity index is 1100. The predicted molar refractivity (Wildman–Crippen MR) is 96.9 cm³/mol. The number of halogens is 3. The second kappa shape index (κ2) is 7.17. The van der Waals surface area contributed by atoms with Crippen molar-refractivity contribution < 1.29 is 18.3 Å². The number of aromatic nitrogens is 4. The number of hydrogen-bond donors (Lipinski definition) is 1. The molecule has 4 rings (SSSR count). The molecule has 0 spiro atoms. The summed E-state index contributed by atoms with van der Waals surface area (Å²) < 4.78 is 42.1. The molecule has 0 saturated carbocycles. The van der Waals surface area contributed by atoms with E-state index in [1.807, 2.05) is 0 Å². The summed E-state index contributed by atoms with van der Waals surface area (Å²) in [5.74, 6) is -1.88. The normalized spacial score (nSPS) is 13.4. The van der Waals surface area contributed by atoms with Gasteiger partial charge in [-0.05, 0) is 29.8 Å². The summed E-state index contributed by atoms with van der Waals surface area (Å²) in [6, 6.07) is 8.57. The van der Waals surface area contributed by atoms with Gasteiger partial charge in [-0.15, -0.1) is 11.3 Å². The van der Waals surface area contributed by atoms with Crippen LogP contribution in [0, 0.1) is 17.5 Å². The summed E-state index contributed by atoms with van der Waals surface area (Å²) in [7, 11) is 0. The Morgan fingerprint density at radius 2 is 1.79 bits per heavy atom. The van der Waals surface area contributed by atoms with Gasteiger partial charge in [0.1, 0.15) is 35.1 Å². The second-order valence-corrected chi connectivity index (χ2v) is 6.98. The fourth-order valence-electron chi connectivity index (χ4n) is 2.84. The van der Waals surface area contributed by atoms with Crippen LogP contribution in [0.25, 0.3) is 11.3 Å². The van der Waals surface area contributed by atoms with E-state index in [9.17, 15) is 18.3 Å². The SMILES string of the molecule is OC(Cn1cncn1)(c1ccc(F)cc1)c1nc(-c2ccc(F)cc2F)cs1. The number of nitrogens with zero attached hydrogens (tertiary/aromatic N) is 4. The Labute approximate surface area is 161 Å². The fourth-order valence-corrected chi connectivity index (χ4v) is 3.77. The monoisotopic (exact) mass is 402 g/mol. The van der Waals surface area contributed by atoms with Gasteiger partial charge in [0.15, 0.2) is 5.60 Å². The van der Waals surface area contributed by atoms with Gasteiger partial charge < -0.3 is 5.11 Å². The molecule has 2 heterocycles. The van der Waals surface area contributed by atoms with Crippen molar-refractivity contribution in [1.82, 2.24) is 19.7 Å². The first kappa shape index (κ1) is 18.3. The highest BCUT2D eigenvalue weighted by Gasteiger charge is 2.36. The zero-order chi connectivity index (χ0) is 19.7. The van der Waals surface area contributed by atoms with Crippen molar-refractivity contribution in [2.24, 2.45) is 0 Å². The minimum absolute atomic E-state index is 0.0303. The first-order chi connectivity index (χ1) is 13.5. The number of aliphatic hydroxyl groups is 1. The van der Waals surface area contributed by atoms with Gasteiger partial charge in [0.05, 0.1) is 12.2 Å². The van der Waals surface area contributed by atoms with Gasteiger partial charge >= 0.3 is 0 Å². The molecule has 4 aromatic rings. The van der Waals surface area contributed by atoms with Crippen molar-refractivity contribution in [3.8, 4) is 11.3 Å².